The van der Waals surface area contributed by atoms with E-state index in [9.17, 15) is 9.59 Å². The zero-order chi connectivity index (χ0) is 15.9. The minimum Gasteiger partial charge on any atom is -0.347 e. The highest BCUT2D eigenvalue weighted by Gasteiger charge is 2.47. The molecule has 0 bridgehead atoms. The summed E-state index contributed by atoms with van der Waals surface area (Å²) in [6.07, 6.45) is 1.47. The van der Waals surface area contributed by atoms with Gasteiger partial charge in [0.25, 0.3) is 0 Å². The lowest BCUT2D eigenvalue weighted by Gasteiger charge is -2.25. The highest BCUT2D eigenvalue weighted by molar-refractivity contribution is 7.09. The third-order valence-corrected chi connectivity index (χ3v) is 5.39. The monoisotopic (exact) mass is 322 g/mol. The van der Waals surface area contributed by atoms with E-state index >= 15 is 0 Å². The Balaban J connectivity index is 1.67. The minimum absolute atomic E-state index is 0.0115. The maximum atomic E-state index is 12.3. The number of rotatable bonds is 4. The van der Waals surface area contributed by atoms with Gasteiger partial charge in [-0.2, -0.15) is 0 Å². The van der Waals surface area contributed by atoms with Crippen LogP contribution in [0.2, 0.25) is 0 Å². The molecule has 1 aromatic rings. The topological polar surface area (TPSA) is 56.8 Å². The van der Waals surface area contributed by atoms with Crippen LogP contribution < -0.4 is 0 Å². The van der Waals surface area contributed by atoms with Gasteiger partial charge in [0.2, 0.25) is 11.8 Å². The number of fused-ring (bicyclic) bond motifs is 1. The zero-order valence-corrected chi connectivity index (χ0v) is 14.1. The van der Waals surface area contributed by atoms with Gasteiger partial charge in [0, 0.05) is 51.1 Å². The molecule has 22 heavy (non-hydrogen) atoms. The lowest BCUT2D eigenvalue weighted by Crippen LogP contribution is -2.43. The first-order valence-corrected chi connectivity index (χ1v) is 8.48. The molecular weight excluding hydrogens is 300 g/mol. The molecule has 0 radical (unpaired) electrons. The van der Waals surface area contributed by atoms with E-state index in [4.69, 9.17) is 0 Å². The van der Waals surface area contributed by atoms with E-state index < -0.39 is 0 Å². The van der Waals surface area contributed by atoms with Crippen LogP contribution in [0.5, 0.6) is 0 Å². The summed E-state index contributed by atoms with van der Waals surface area (Å²) < 4.78 is 0. The molecular formula is C15H22N4O2S. The Morgan fingerprint density at radius 3 is 2.86 bits per heavy atom. The molecule has 0 unspecified atom stereocenters. The second kappa shape index (κ2) is 5.96. The van der Waals surface area contributed by atoms with Crippen LogP contribution in [0.1, 0.15) is 23.5 Å². The van der Waals surface area contributed by atoms with Crippen LogP contribution in [0, 0.1) is 6.92 Å². The average Bonchev–Trinajstić information content (AvgIpc) is 3.11. The molecule has 0 spiro atoms. The van der Waals surface area contributed by atoms with Crippen molar-refractivity contribution in [2.45, 2.75) is 38.4 Å². The van der Waals surface area contributed by atoms with Crippen molar-refractivity contribution in [3.05, 3.63) is 16.1 Å². The number of carbonyl (C=O) groups excluding carboxylic acids is 2. The van der Waals surface area contributed by atoms with Crippen LogP contribution in [0.3, 0.4) is 0 Å². The van der Waals surface area contributed by atoms with Crippen molar-refractivity contribution >= 4 is 23.2 Å². The van der Waals surface area contributed by atoms with Crippen LogP contribution in [-0.4, -0.2) is 70.8 Å². The Bertz CT molecular complexity index is 586. The molecule has 120 valence electrons. The molecule has 2 saturated heterocycles. The minimum atomic E-state index is -0.0115. The van der Waals surface area contributed by atoms with Gasteiger partial charge in [0.1, 0.15) is 6.54 Å². The molecule has 0 saturated carbocycles. The zero-order valence-electron chi connectivity index (χ0n) is 13.3. The normalized spacial score (nSPS) is 24.9. The van der Waals surface area contributed by atoms with Gasteiger partial charge in [-0.05, 0) is 13.3 Å². The Labute approximate surface area is 134 Å². The predicted octanol–water partition coefficient (Wildman–Crippen LogP) is 0.715. The van der Waals surface area contributed by atoms with Crippen molar-refractivity contribution in [1.29, 1.82) is 0 Å². The Morgan fingerprint density at radius 2 is 2.23 bits per heavy atom. The molecule has 1 aromatic heterocycles. The molecule has 0 aromatic carbocycles. The summed E-state index contributed by atoms with van der Waals surface area (Å²) in [6.45, 7) is 3.98. The lowest BCUT2D eigenvalue weighted by molar-refractivity contribution is -0.138. The van der Waals surface area contributed by atoms with E-state index in [1.807, 2.05) is 6.92 Å². The van der Waals surface area contributed by atoms with Crippen LogP contribution in [0.4, 0.5) is 0 Å². The third-order valence-electron chi connectivity index (χ3n) is 4.57. The second-order valence-electron chi connectivity index (χ2n) is 6.27. The predicted molar refractivity (Wildman–Crippen MR) is 84.5 cm³/mol. The van der Waals surface area contributed by atoms with Gasteiger partial charge in [-0.25, -0.2) is 4.98 Å². The summed E-state index contributed by atoms with van der Waals surface area (Å²) in [5.41, 5.74) is 1.08. The molecule has 0 aliphatic carbocycles. The molecule has 7 heteroatoms. The number of hydrogen-bond donors (Lipinski definition) is 0. The summed E-state index contributed by atoms with van der Waals surface area (Å²) in [5.74, 6) is 0.0898. The maximum Gasteiger partial charge on any atom is 0.241 e. The van der Waals surface area contributed by atoms with Gasteiger partial charge in [-0.15, -0.1) is 11.3 Å². The van der Waals surface area contributed by atoms with Crippen molar-refractivity contribution in [3.63, 3.8) is 0 Å². The van der Waals surface area contributed by atoms with Crippen molar-refractivity contribution in [2.75, 3.05) is 27.2 Å². The largest absolute Gasteiger partial charge is 0.347 e. The SMILES string of the molecule is Cc1nc(CN2CC[C@H]3[C@H]2CC(=O)N3CC(=O)N(C)C)cs1. The van der Waals surface area contributed by atoms with E-state index in [1.165, 1.54) is 0 Å². The van der Waals surface area contributed by atoms with Crippen molar-refractivity contribution in [3.8, 4) is 0 Å². The van der Waals surface area contributed by atoms with E-state index in [2.05, 4.69) is 15.3 Å². The number of amides is 2. The van der Waals surface area contributed by atoms with Gasteiger partial charge < -0.3 is 9.80 Å². The third kappa shape index (κ3) is 2.87. The molecule has 2 amide bonds. The highest BCUT2D eigenvalue weighted by Crippen LogP contribution is 2.33. The number of aromatic nitrogens is 1. The number of nitrogens with zero attached hydrogens (tertiary/aromatic N) is 4. The van der Waals surface area contributed by atoms with Crippen LogP contribution >= 0.6 is 11.3 Å². The van der Waals surface area contributed by atoms with Gasteiger partial charge in [-0.3, -0.25) is 14.5 Å². The number of likely N-dealkylation sites (tertiary alicyclic amines) is 2. The average molecular weight is 322 g/mol. The summed E-state index contributed by atoms with van der Waals surface area (Å²) in [4.78, 5) is 34.4. The van der Waals surface area contributed by atoms with Gasteiger partial charge in [0.15, 0.2) is 0 Å². The second-order valence-corrected chi connectivity index (χ2v) is 7.33. The summed E-state index contributed by atoms with van der Waals surface area (Å²) >= 11 is 1.66. The first-order chi connectivity index (χ1) is 10.5. The van der Waals surface area contributed by atoms with Crippen molar-refractivity contribution in [2.24, 2.45) is 0 Å². The molecule has 2 fully saturated rings. The van der Waals surface area contributed by atoms with Crippen LogP contribution in [-0.2, 0) is 16.1 Å². The summed E-state index contributed by atoms with van der Waals surface area (Å²) in [6, 6.07) is 0.403. The smallest absolute Gasteiger partial charge is 0.241 e. The maximum absolute atomic E-state index is 12.3. The Hall–Kier alpha value is -1.47. The first kappa shape index (κ1) is 15.4. The molecule has 3 heterocycles. The Morgan fingerprint density at radius 1 is 1.45 bits per heavy atom. The number of hydrogen-bond acceptors (Lipinski definition) is 5. The van der Waals surface area contributed by atoms with E-state index in [1.54, 1.807) is 35.2 Å². The summed E-state index contributed by atoms with van der Waals surface area (Å²) in [5, 5.41) is 3.17. The molecule has 3 rings (SSSR count). The number of likely N-dealkylation sites (N-methyl/N-ethyl adjacent to an activating group) is 1. The summed E-state index contributed by atoms with van der Waals surface area (Å²) in [7, 11) is 3.46. The van der Waals surface area contributed by atoms with Crippen molar-refractivity contribution < 1.29 is 9.59 Å². The number of thiazole rings is 1. The molecule has 2 atom stereocenters. The van der Waals surface area contributed by atoms with Gasteiger partial charge in [0.05, 0.1) is 10.7 Å². The van der Waals surface area contributed by atoms with E-state index in [-0.39, 0.29) is 30.4 Å². The fraction of sp³-hybridized carbons (Fsp3) is 0.667. The molecule has 6 nitrogen and oxygen atoms in total. The fourth-order valence-electron chi connectivity index (χ4n) is 3.39. The lowest BCUT2D eigenvalue weighted by atomic mass is 10.1. The van der Waals surface area contributed by atoms with Gasteiger partial charge >= 0.3 is 0 Å². The molecule has 2 aliphatic heterocycles. The van der Waals surface area contributed by atoms with Crippen LogP contribution in [0.15, 0.2) is 5.38 Å². The molecule has 2 aliphatic rings. The fourth-order valence-corrected chi connectivity index (χ4v) is 3.99. The van der Waals surface area contributed by atoms with Crippen molar-refractivity contribution in [1.82, 2.24) is 19.7 Å². The quantitative estimate of drug-likeness (QED) is 0.819. The standard InChI is InChI=1S/C15H22N4O2S/c1-10-16-11(9-22-10)7-18-5-4-12-13(18)6-14(20)19(12)8-15(21)17(2)3/h9,12-13H,4-8H2,1-3H3/t12-,13+/m0/s1. The van der Waals surface area contributed by atoms with E-state index in [0.29, 0.717) is 6.42 Å². The number of aryl methyl sites for hydroxylation is 1. The van der Waals surface area contributed by atoms with Crippen LogP contribution in [0.25, 0.3) is 0 Å². The van der Waals surface area contributed by atoms with Gasteiger partial charge in [-0.1, -0.05) is 0 Å². The highest BCUT2D eigenvalue weighted by atomic mass is 32.1. The van der Waals surface area contributed by atoms with E-state index in [0.717, 1.165) is 30.2 Å². The number of carbonyl (C=O) groups is 2. The Kier molecular flexibility index (Phi) is 4.18. The first-order valence-electron chi connectivity index (χ1n) is 7.60. The molecule has 0 N–H and O–H groups in total.